The van der Waals surface area contributed by atoms with Gasteiger partial charge >= 0.3 is 0 Å². The van der Waals surface area contributed by atoms with Gasteiger partial charge in [-0.3, -0.25) is 19.3 Å². The van der Waals surface area contributed by atoms with Gasteiger partial charge in [0.2, 0.25) is 5.43 Å². The summed E-state index contributed by atoms with van der Waals surface area (Å²) in [6.45, 7) is 0. The number of carbonyl (C=O) groups excluding carboxylic acids is 1. The van der Waals surface area contributed by atoms with Crippen molar-refractivity contribution in [2.45, 2.75) is 37.9 Å². The molecule has 2 saturated heterocycles. The molecule has 1 N–H and O–H groups in total. The highest BCUT2D eigenvalue weighted by Gasteiger charge is 2.50. The van der Waals surface area contributed by atoms with E-state index in [9.17, 15) is 14.7 Å². The van der Waals surface area contributed by atoms with E-state index in [4.69, 9.17) is 0 Å². The highest BCUT2D eigenvalue weighted by molar-refractivity contribution is 5.96. The minimum atomic E-state index is -0.518. The first-order valence-corrected chi connectivity index (χ1v) is 9.63. The average molecular weight is 365 g/mol. The van der Waals surface area contributed by atoms with E-state index >= 15 is 0 Å². The van der Waals surface area contributed by atoms with Crippen molar-refractivity contribution in [1.82, 2.24) is 9.58 Å². The van der Waals surface area contributed by atoms with Gasteiger partial charge in [0.25, 0.3) is 5.91 Å². The Morgan fingerprint density at radius 3 is 2.33 bits per heavy atom. The number of carbonyl (C=O) groups is 1. The van der Waals surface area contributed by atoms with Crippen LogP contribution in [0.4, 0.5) is 0 Å². The van der Waals surface area contributed by atoms with Gasteiger partial charge in [-0.05, 0) is 43.1 Å². The quantitative estimate of drug-likeness (QED) is 0.843. The highest BCUT2D eigenvalue weighted by atomic mass is 16.3. The Morgan fingerprint density at radius 1 is 0.963 bits per heavy atom. The van der Waals surface area contributed by atoms with Crippen LogP contribution in [-0.2, 0) is 0 Å². The van der Waals surface area contributed by atoms with E-state index in [1.54, 1.807) is 22.8 Å². The molecule has 3 fully saturated rings. The maximum Gasteiger partial charge on any atom is 0.277 e. The molecule has 2 unspecified atom stereocenters. The summed E-state index contributed by atoms with van der Waals surface area (Å²) in [5, 5.41) is 12.6. The van der Waals surface area contributed by atoms with Gasteiger partial charge in [0.05, 0.1) is 6.04 Å². The van der Waals surface area contributed by atoms with Crippen molar-refractivity contribution in [3.05, 3.63) is 64.1 Å². The van der Waals surface area contributed by atoms with Gasteiger partial charge in [-0.1, -0.05) is 30.3 Å². The molecule has 2 bridgehead atoms. The maximum atomic E-state index is 13.1. The van der Waals surface area contributed by atoms with Gasteiger partial charge in [0.15, 0.2) is 11.4 Å². The van der Waals surface area contributed by atoms with Crippen molar-refractivity contribution in [3.63, 3.8) is 0 Å². The topological polar surface area (TPSA) is 65.8 Å². The molecule has 6 heteroatoms. The molecule has 4 heterocycles. The molecule has 1 amide bonds. The van der Waals surface area contributed by atoms with E-state index in [1.165, 1.54) is 11.6 Å². The molecule has 1 aromatic carbocycles. The molecular formula is C21H23N3O3. The van der Waals surface area contributed by atoms with Gasteiger partial charge < -0.3 is 10.0 Å². The van der Waals surface area contributed by atoms with Gasteiger partial charge in [-0.25, -0.2) is 0 Å². The van der Waals surface area contributed by atoms with E-state index in [0.717, 1.165) is 25.7 Å². The van der Waals surface area contributed by atoms with E-state index in [1.807, 2.05) is 18.2 Å². The average Bonchev–Trinajstić information content (AvgIpc) is 2.95. The van der Waals surface area contributed by atoms with Crippen molar-refractivity contribution in [2.75, 3.05) is 12.1 Å². The molecule has 1 saturated carbocycles. The first-order chi connectivity index (χ1) is 13.1. The molecule has 2 aromatic rings. The van der Waals surface area contributed by atoms with Gasteiger partial charge in [-0.2, -0.15) is 0 Å². The van der Waals surface area contributed by atoms with Crippen LogP contribution in [0.1, 0.15) is 47.8 Å². The first kappa shape index (κ1) is 16.4. The second-order valence-electron chi connectivity index (χ2n) is 7.96. The number of hydrogen-bond donors (Lipinski definition) is 1. The molecular weight excluding hydrogens is 342 g/mol. The Bertz CT molecular complexity index is 947. The Kier molecular flexibility index (Phi) is 3.57. The predicted molar refractivity (Wildman–Crippen MR) is 101 cm³/mol. The Morgan fingerprint density at radius 2 is 1.63 bits per heavy atom. The molecule has 3 aliphatic heterocycles. The largest absolute Gasteiger partial charge is 0.502 e. The number of rotatable bonds is 1. The number of fused-ring (bicyclic) bond motifs is 3. The fourth-order valence-electron chi connectivity index (χ4n) is 5.38. The normalized spacial score (nSPS) is 29.3. The standard InChI is InChI=1S/C21H23N3O3/c1-22-20-15-9-7-14(8-10-15)17(13-5-3-2-4-6-13)24(20)23-12-11-16(25)19(26)18(23)21(22)27/h2-6,11-12,14-15,17,20,26H,7-10H2,1H3. The van der Waals surface area contributed by atoms with Crippen molar-refractivity contribution in [3.8, 4) is 5.75 Å². The molecule has 1 aliphatic carbocycles. The molecule has 0 radical (unpaired) electrons. The number of nitrogens with zero attached hydrogens (tertiary/aromatic N) is 3. The lowest BCUT2D eigenvalue weighted by Crippen LogP contribution is -2.62. The molecule has 6 nitrogen and oxygen atoms in total. The number of aromatic nitrogens is 1. The minimum Gasteiger partial charge on any atom is -0.502 e. The van der Waals surface area contributed by atoms with Gasteiger partial charge in [0, 0.05) is 19.3 Å². The Hall–Kier alpha value is -2.76. The van der Waals surface area contributed by atoms with Crippen LogP contribution in [-0.4, -0.2) is 33.8 Å². The van der Waals surface area contributed by atoms with Gasteiger partial charge in [0.1, 0.15) is 6.17 Å². The Balaban J connectivity index is 1.78. The minimum absolute atomic E-state index is 0.0727. The van der Waals surface area contributed by atoms with Crippen molar-refractivity contribution in [1.29, 1.82) is 0 Å². The molecule has 6 rings (SSSR count). The third-order valence-electron chi connectivity index (χ3n) is 6.60. The van der Waals surface area contributed by atoms with Crippen LogP contribution in [0, 0.1) is 11.8 Å². The first-order valence-electron chi connectivity index (χ1n) is 9.63. The summed E-state index contributed by atoms with van der Waals surface area (Å²) in [6.07, 6.45) is 6.00. The van der Waals surface area contributed by atoms with Crippen LogP contribution in [0.5, 0.6) is 5.75 Å². The fourth-order valence-corrected chi connectivity index (χ4v) is 5.38. The number of aromatic hydroxyl groups is 1. The third kappa shape index (κ3) is 2.25. The zero-order chi connectivity index (χ0) is 18.7. The lowest BCUT2D eigenvalue weighted by atomic mass is 9.79. The molecule has 4 aliphatic rings. The van der Waals surface area contributed by atoms with Gasteiger partial charge in [-0.15, -0.1) is 0 Å². The van der Waals surface area contributed by atoms with E-state index in [-0.39, 0.29) is 23.8 Å². The lowest BCUT2D eigenvalue weighted by molar-refractivity contribution is 0.0529. The van der Waals surface area contributed by atoms with Crippen molar-refractivity contribution < 1.29 is 9.90 Å². The highest BCUT2D eigenvalue weighted by Crippen LogP contribution is 2.49. The molecule has 2 atom stereocenters. The zero-order valence-electron chi connectivity index (χ0n) is 15.3. The number of benzene rings is 1. The molecule has 1 aromatic heterocycles. The zero-order valence-corrected chi connectivity index (χ0v) is 15.3. The van der Waals surface area contributed by atoms with E-state index in [2.05, 4.69) is 17.1 Å². The summed E-state index contributed by atoms with van der Waals surface area (Å²) in [4.78, 5) is 26.8. The smallest absolute Gasteiger partial charge is 0.277 e. The monoisotopic (exact) mass is 365 g/mol. The number of amides is 1. The summed E-state index contributed by atoms with van der Waals surface area (Å²) in [5.41, 5.74) is 0.765. The van der Waals surface area contributed by atoms with Crippen LogP contribution < -0.4 is 10.4 Å². The maximum absolute atomic E-state index is 13.1. The summed E-state index contributed by atoms with van der Waals surface area (Å²) in [5.74, 6) is 0.114. The second kappa shape index (κ2) is 5.87. The van der Waals surface area contributed by atoms with Crippen LogP contribution >= 0.6 is 0 Å². The molecule has 140 valence electrons. The third-order valence-corrected chi connectivity index (χ3v) is 6.60. The van der Waals surface area contributed by atoms with Crippen molar-refractivity contribution in [2.24, 2.45) is 11.8 Å². The lowest BCUT2D eigenvalue weighted by Gasteiger charge is -2.49. The number of pyridine rings is 1. The fraction of sp³-hybridized carbons (Fsp3) is 0.429. The van der Waals surface area contributed by atoms with Crippen molar-refractivity contribution >= 4 is 5.91 Å². The van der Waals surface area contributed by atoms with E-state index in [0.29, 0.717) is 11.8 Å². The van der Waals surface area contributed by atoms with Crippen LogP contribution in [0.3, 0.4) is 0 Å². The van der Waals surface area contributed by atoms with Crippen LogP contribution in [0.15, 0.2) is 47.4 Å². The Labute approximate surface area is 157 Å². The molecule has 0 spiro atoms. The predicted octanol–water partition coefficient (Wildman–Crippen LogP) is 2.46. The summed E-state index contributed by atoms with van der Waals surface area (Å²) in [7, 11) is 1.79. The van der Waals surface area contributed by atoms with Crippen LogP contribution in [0.2, 0.25) is 0 Å². The summed E-state index contributed by atoms with van der Waals surface area (Å²) in [6, 6.07) is 11.8. The second-order valence-corrected chi connectivity index (χ2v) is 7.96. The number of hydrogen-bond acceptors (Lipinski definition) is 4. The van der Waals surface area contributed by atoms with Crippen LogP contribution in [0.25, 0.3) is 0 Å². The summed E-state index contributed by atoms with van der Waals surface area (Å²) < 4.78 is 1.75. The molecule has 27 heavy (non-hydrogen) atoms. The summed E-state index contributed by atoms with van der Waals surface area (Å²) >= 11 is 0. The SMILES string of the molecule is CN1C(=O)c2c(O)c(=O)ccn2N2C(c3ccccc3)C3CCC(CC3)C12. The van der Waals surface area contributed by atoms with E-state index < -0.39 is 11.2 Å².